The average molecular weight is 227 g/mol. The minimum atomic E-state index is -1.05. The van der Waals surface area contributed by atoms with E-state index in [1.54, 1.807) is 32.2 Å². The molecule has 5 nitrogen and oxygen atoms in total. The molecule has 0 saturated carbocycles. The second-order valence-corrected chi connectivity index (χ2v) is 3.83. The number of amides is 1. The smallest absolute Gasteiger partial charge is 0.407 e. The Bertz CT molecular complexity index is 319. The number of carbonyl (C=O) groups excluding carboxylic acids is 1. The van der Waals surface area contributed by atoms with Gasteiger partial charge in [-0.15, -0.1) is 0 Å². The second-order valence-electron chi connectivity index (χ2n) is 3.83. The van der Waals surface area contributed by atoms with Gasteiger partial charge in [0.25, 0.3) is 0 Å². The van der Waals surface area contributed by atoms with Crippen molar-refractivity contribution in [2.45, 2.75) is 25.9 Å². The lowest BCUT2D eigenvalue weighted by Gasteiger charge is -2.22. The lowest BCUT2D eigenvalue weighted by Crippen LogP contribution is -2.42. The Labute approximate surface area is 94.4 Å². The van der Waals surface area contributed by atoms with E-state index >= 15 is 0 Å². The highest BCUT2D eigenvalue weighted by Crippen LogP contribution is 2.12. The first-order valence-corrected chi connectivity index (χ1v) is 5.19. The standard InChI is InChI=1S/C11H17NO4/c1-3-15-10(13)12-8-11(2,14)7-9-5-4-6-16-9/h4-6,14H,3,7-8H2,1-2H3,(H,12,13). The van der Waals surface area contributed by atoms with Gasteiger partial charge < -0.3 is 19.6 Å². The van der Waals surface area contributed by atoms with Crippen LogP contribution in [0.2, 0.25) is 0 Å². The van der Waals surface area contributed by atoms with E-state index in [1.807, 2.05) is 0 Å². The predicted octanol–water partition coefficient (Wildman–Crippen LogP) is 1.32. The Hall–Kier alpha value is -1.49. The summed E-state index contributed by atoms with van der Waals surface area (Å²) in [6.45, 7) is 3.78. The number of hydrogen-bond acceptors (Lipinski definition) is 4. The lowest BCUT2D eigenvalue weighted by molar-refractivity contribution is 0.0522. The Balaban J connectivity index is 2.36. The molecule has 0 bridgehead atoms. The van der Waals surface area contributed by atoms with E-state index in [0.717, 1.165) is 0 Å². The van der Waals surface area contributed by atoms with Crippen LogP contribution in [0.3, 0.4) is 0 Å². The van der Waals surface area contributed by atoms with E-state index in [4.69, 9.17) is 4.42 Å². The van der Waals surface area contributed by atoms with Gasteiger partial charge in [0.05, 0.1) is 18.5 Å². The highest BCUT2D eigenvalue weighted by Gasteiger charge is 2.23. The van der Waals surface area contributed by atoms with Gasteiger partial charge in [0.2, 0.25) is 0 Å². The van der Waals surface area contributed by atoms with E-state index in [-0.39, 0.29) is 6.54 Å². The van der Waals surface area contributed by atoms with E-state index in [2.05, 4.69) is 10.1 Å². The topological polar surface area (TPSA) is 71.7 Å². The third-order valence-corrected chi connectivity index (χ3v) is 2.02. The highest BCUT2D eigenvalue weighted by molar-refractivity contribution is 5.67. The number of ether oxygens (including phenoxy) is 1. The Kier molecular flexibility index (Phi) is 4.37. The maximum absolute atomic E-state index is 11.0. The van der Waals surface area contributed by atoms with Gasteiger partial charge in [-0.3, -0.25) is 0 Å². The van der Waals surface area contributed by atoms with Gasteiger partial charge in [0, 0.05) is 13.0 Å². The largest absolute Gasteiger partial charge is 0.469 e. The van der Waals surface area contributed by atoms with Crippen molar-refractivity contribution >= 4 is 6.09 Å². The number of alkyl carbamates (subject to hydrolysis) is 1. The number of aliphatic hydroxyl groups is 1. The summed E-state index contributed by atoms with van der Waals surface area (Å²) in [6.07, 6.45) is 1.36. The SMILES string of the molecule is CCOC(=O)NCC(C)(O)Cc1ccco1. The van der Waals surface area contributed by atoms with Crippen molar-refractivity contribution in [1.29, 1.82) is 0 Å². The third kappa shape index (κ3) is 4.35. The molecular weight excluding hydrogens is 210 g/mol. The predicted molar refractivity (Wildman–Crippen MR) is 58.1 cm³/mol. The van der Waals surface area contributed by atoms with Crippen molar-refractivity contribution in [2.75, 3.05) is 13.2 Å². The van der Waals surface area contributed by atoms with E-state index in [1.165, 1.54) is 0 Å². The molecule has 1 heterocycles. The van der Waals surface area contributed by atoms with Crippen molar-refractivity contribution in [3.63, 3.8) is 0 Å². The molecule has 1 aromatic rings. The molecule has 0 fully saturated rings. The molecule has 0 saturated heterocycles. The van der Waals surface area contributed by atoms with Crippen LogP contribution in [0, 0.1) is 0 Å². The molecule has 90 valence electrons. The molecule has 1 unspecified atom stereocenters. The van der Waals surface area contributed by atoms with Crippen LogP contribution >= 0.6 is 0 Å². The number of hydrogen-bond donors (Lipinski definition) is 2. The maximum atomic E-state index is 11.0. The highest BCUT2D eigenvalue weighted by atomic mass is 16.5. The molecule has 0 spiro atoms. The summed E-state index contributed by atoms with van der Waals surface area (Å²) in [4.78, 5) is 11.0. The van der Waals surface area contributed by atoms with Crippen LogP contribution in [0.15, 0.2) is 22.8 Å². The Morgan fingerprint density at radius 1 is 1.69 bits per heavy atom. The van der Waals surface area contributed by atoms with Gasteiger partial charge in [-0.2, -0.15) is 0 Å². The van der Waals surface area contributed by atoms with Gasteiger partial charge in [0.15, 0.2) is 0 Å². The fourth-order valence-electron chi connectivity index (χ4n) is 1.30. The molecule has 16 heavy (non-hydrogen) atoms. The van der Waals surface area contributed by atoms with E-state index in [0.29, 0.717) is 18.8 Å². The van der Waals surface area contributed by atoms with Gasteiger partial charge >= 0.3 is 6.09 Å². The van der Waals surface area contributed by atoms with Crippen LogP contribution in [0.5, 0.6) is 0 Å². The quantitative estimate of drug-likeness (QED) is 0.795. The van der Waals surface area contributed by atoms with Gasteiger partial charge in [-0.1, -0.05) is 0 Å². The summed E-state index contributed by atoms with van der Waals surface area (Å²) >= 11 is 0. The first kappa shape index (κ1) is 12.6. The summed E-state index contributed by atoms with van der Waals surface area (Å²) in [7, 11) is 0. The fraction of sp³-hybridized carbons (Fsp3) is 0.545. The van der Waals surface area contributed by atoms with Crippen molar-refractivity contribution in [3.05, 3.63) is 24.2 Å². The summed E-state index contributed by atoms with van der Waals surface area (Å²) in [5.74, 6) is 0.677. The fourth-order valence-corrected chi connectivity index (χ4v) is 1.30. The van der Waals surface area contributed by atoms with Crippen molar-refractivity contribution in [2.24, 2.45) is 0 Å². The zero-order chi connectivity index (χ0) is 12.0. The monoisotopic (exact) mass is 227 g/mol. The molecule has 0 aliphatic carbocycles. The van der Waals surface area contributed by atoms with Crippen molar-refractivity contribution < 1.29 is 19.1 Å². The van der Waals surface area contributed by atoms with Crippen molar-refractivity contribution in [3.8, 4) is 0 Å². The van der Waals surface area contributed by atoms with Crippen LogP contribution in [0.1, 0.15) is 19.6 Å². The van der Waals surface area contributed by atoms with Crippen LogP contribution in [0.25, 0.3) is 0 Å². The molecular formula is C11H17NO4. The minimum absolute atomic E-state index is 0.118. The minimum Gasteiger partial charge on any atom is -0.469 e. The van der Waals surface area contributed by atoms with Crippen LogP contribution in [-0.4, -0.2) is 30.0 Å². The molecule has 2 N–H and O–H groups in total. The average Bonchev–Trinajstić information content (AvgIpc) is 2.67. The summed E-state index contributed by atoms with van der Waals surface area (Å²) in [6, 6.07) is 3.53. The molecule has 5 heteroatoms. The van der Waals surface area contributed by atoms with Gasteiger partial charge in [-0.05, 0) is 26.0 Å². The first-order chi connectivity index (χ1) is 7.53. The molecule has 0 aliphatic heterocycles. The second kappa shape index (κ2) is 5.55. The molecule has 1 rings (SSSR count). The summed E-state index contributed by atoms with van der Waals surface area (Å²) in [5.41, 5.74) is -1.05. The normalized spacial score (nSPS) is 14.2. The first-order valence-electron chi connectivity index (χ1n) is 5.19. The van der Waals surface area contributed by atoms with Crippen molar-refractivity contribution in [1.82, 2.24) is 5.32 Å². The molecule has 1 amide bonds. The van der Waals surface area contributed by atoms with Gasteiger partial charge in [0.1, 0.15) is 5.76 Å². The Morgan fingerprint density at radius 2 is 2.44 bits per heavy atom. The molecule has 0 aliphatic rings. The zero-order valence-electron chi connectivity index (χ0n) is 9.53. The van der Waals surface area contributed by atoms with Crippen LogP contribution in [-0.2, 0) is 11.2 Å². The van der Waals surface area contributed by atoms with Crippen LogP contribution < -0.4 is 5.32 Å². The summed E-state index contributed by atoms with van der Waals surface area (Å²) < 4.78 is 9.81. The van der Waals surface area contributed by atoms with Gasteiger partial charge in [-0.25, -0.2) is 4.79 Å². The number of nitrogens with one attached hydrogen (secondary N) is 1. The lowest BCUT2D eigenvalue weighted by atomic mass is 10.0. The molecule has 0 aromatic carbocycles. The number of furan rings is 1. The molecule has 1 aromatic heterocycles. The van der Waals surface area contributed by atoms with E-state index < -0.39 is 11.7 Å². The molecule has 0 radical (unpaired) electrons. The molecule has 1 atom stereocenters. The third-order valence-electron chi connectivity index (χ3n) is 2.02. The Morgan fingerprint density at radius 3 is 3.00 bits per heavy atom. The zero-order valence-corrected chi connectivity index (χ0v) is 9.53. The number of carbonyl (C=O) groups is 1. The summed E-state index contributed by atoms with van der Waals surface area (Å²) in [5, 5.41) is 12.5. The maximum Gasteiger partial charge on any atom is 0.407 e. The van der Waals surface area contributed by atoms with Crippen LogP contribution in [0.4, 0.5) is 4.79 Å². The number of rotatable bonds is 5. The van der Waals surface area contributed by atoms with E-state index in [9.17, 15) is 9.90 Å².